The molecule has 0 saturated carbocycles. The first kappa shape index (κ1) is 13.4. The number of hydrogen-bond acceptors (Lipinski definition) is 4. The molecular weight excluding hydrogens is 248 g/mol. The largest absolute Gasteiger partial charge is 0.477 e. The Labute approximate surface area is 111 Å². The van der Waals surface area contributed by atoms with Crippen molar-refractivity contribution in [2.75, 3.05) is 18.0 Å². The standard InChI is InChI=1S/C12H18N4O3/c1-7-8(10(17)18)9(15(4)14-7)16-6-5-13-11(19)12(16,2)3/h5-6H2,1-4H3,(H,13,19)(H,17,18). The lowest BCUT2D eigenvalue weighted by atomic mass is 9.98. The zero-order chi connectivity index (χ0) is 14.4. The molecule has 0 aromatic carbocycles. The van der Waals surface area contributed by atoms with Crippen LogP contribution in [0.25, 0.3) is 0 Å². The van der Waals surface area contributed by atoms with E-state index in [0.29, 0.717) is 24.6 Å². The predicted molar refractivity (Wildman–Crippen MR) is 69.3 cm³/mol. The second-order valence-corrected chi connectivity index (χ2v) is 5.18. The molecule has 1 aromatic heterocycles. The number of carboxylic acid groups (broad SMARTS) is 1. The summed E-state index contributed by atoms with van der Waals surface area (Å²) in [7, 11) is 1.69. The van der Waals surface area contributed by atoms with Crippen LogP contribution in [0.4, 0.5) is 5.82 Å². The van der Waals surface area contributed by atoms with E-state index in [4.69, 9.17) is 0 Å². The van der Waals surface area contributed by atoms with Crippen molar-refractivity contribution in [2.45, 2.75) is 26.3 Å². The maximum Gasteiger partial charge on any atom is 0.341 e. The van der Waals surface area contributed by atoms with Gasteiger partial charge in [0.2, 0.25) is 5.91 Å². The maximum atomic E-state index is 12.0. The highest BCUT2D eigenvalue weighted by molar-refractivity contribution is 5.97. The highest BCUT2D eigenvalue weighted by Gasteiger charge is 2.41. The molecule has 0 atom stereocenters. The van der Waals surface area contributed by atoms with E-state index in [-0.39, 0.29) is 11.5 Å². The van der Waals surface area contributed by atoms with Gasteiger partial charge in [-0.25, -0.2) is 4.79 Å². The van der Waals surface area contributed by atoms with E-state index in [9.17, 15) is 14.7 Å². The molecule has 7 nitrogen and oxygen atoms in total. The highest BCUT2D eigenvalue weighted by Crippen LogP contribution is 2.30. The topological polar surface area (TPSA) is 87.5 Å². The zero-order valence-corrected chi connectivity index (χ0v) is 11.5. The molecule has 1 aromatic rings. The first-order valence-corrected chi connectivity index (χ1v) is 6.09. The molecule has 1 fully saturated rings. The van der Waals surface area contributed by atoms with Gasteiger partial charge in [0.05, 0.1) is 5.69 Å². The van der Waals surface area contributed by atoms with Crippen molar-refractivity contribution < 1.29 is 14.7 Å². The van der Waals surface area contributed by atoms with E-state index in [2.05, 4.69) is 10.4 Å². The zero-order valence-electron chi connectivity index (χ0n) is 11.5. The molecule has 19 heavy (non-hydrogen) atoms. The summed E-state index contributed by atoms with van der Waals surface area (Å²) in [6.07, 6.45) is 0. The van der Waals surface area contributed by atoms with Crippen molar-refractivity contribution in [1.82, 2.24) is 15.1 Å². The fourth-order valence-corrected chi connectivity index (χ4v) is 2.48. The monoisotopic (exact) mass is 266 g/mol. The van der Waals surface area contributed by atoms with Crippen LogP contribution < -0.4 is 10.2 Å². The van der Waals surface area contributed by atoms with Gasteiger partial charge >= 0.3 is 5.97 Å². The van der Waals surface area contributed by atoms with Gasteiger partial charge in [-0.3, -0.25) is 9.48 Å². The molecule has 1 amide bonds. The molecule has 2 N–H and O–H groups in total. The third-order valence-electron chi connectivity index (χ3n) is 3.51. The molecule has 1 saturated heterocycles. The Morgan fingerprint density at radius 2 is 2.11 bits per heavy atom. The van der Waals surface area contributed by atoms with Crippen LogP contribution >= 0.6 is 0 Å². The van der Waals surface area contributed by atoms with E-state index >= 15 is 0 Å². The second-order valence-electron chi connectivity index (χ2n) is 5.18. The number of aromatic nitrogens is 2. The molecule has 0 unspecified atom stereocenters. The van der Waals surface area contributed by atoms with Crippen LogP contribution in [0.3, 0.4) is 0 Å². The van der Waals surface area contributed by atoms with Gasteiger partial charge in [-0.15, -0.1) is 0 Å². The van der Waals surface area contributed by atoms with E-state index in [1.54, 1.807) is 32.7 Å². The number of carbonyl (C=O) groups is 2. The van der Waals surface area contributed by atoms with E-state index < -0.39 is 11.5 Å². The SMILES string of the molecule is Cc1nn(C)c(N2CCNC(=O)C2(C)C)c1C(=O)O. The number of carboxylic acids is 1. The average Bonchev–Trinajstić information content (AvgIpc) is 2.57. The maximum absolute atomic E-state index is 12.0. The third kappa shape index (κ3) is 1.94. The van der Waals surface area contributed by atoms with Crippen LogP contribution in [0.5, 0.6) is 0 Å². The Morgan fingerprint density at radius 3 is 2.68 bits per heavy atom. The number of amides is 1. The van der Waals surface area contributed by atoms with Crippen LogP contribution in [0.15, 0.2) is 0 Å². The summed E-state index contributed by atoms with van der Waals surface area (Å²) in [5.41, 5.74) is -0.195. The Balaban J connectivity index is 2.58. The van der Waals surface area contributed by atoms with Crippen molar-refractivity contribution in [3.63, 3.8) is 0 Å². The minimum absolute atomic E-state index is 0.117. The van der Waals surface area contributed by atoms with Gasteiger partial charge in [0, 0.05) is 20.1 Å². The van der Waals surface area contributed by atoms with Crippen LogP contribution in [0, 0.1) is 6.92 Å². The lowest BCUT2D eigenvalue weighted by molar-refractivity contribution is -0.126. The van der Waals surface area contributed by atoms with Gasteiger partial charge in [0.25, 0.3) is 0 Å². The molecule has 0 radical (unpaired) electrons. The van der Waals surface area contributed by atoms with Gasteiger partial charge in [0.1, 0.15) is 16.9 Å². The van der Waals surface area contributed by atoms with Gasteiger partial charge in [-0.2, -0.15) is 5.10 Å². The third-order valence-corrected chi connectivity index (χ3v) is 3.51. The summed E-state index contributed by atoms with van der Waals surface area (Å²) >= 11 is 0. The number of hydrogen-bond donors (Lipinski definition) is 2. The van der Waals surface area contributed by atoms with Gasteiger partial charge in [-0.05, 0) is 20.8 Å². The van der Waals surface area contributed by atoms with Crippen molar-refractivity contribution in [1.29, 1.82) is 0 Å². The molecule has 104 valence electrons. The molecule has 0 spiro atoms. The number of aromatic carboxylic acids is 1. The summed E-state index contributed by atoms with van der Waals surface area (Å²) in [5, 5.41) is 16.3. The van der Waals surface area contributed by atoms with Gasteiger partial charge < -0.3 is 15.3 Å². The number of piperazine rings is 1. The Hall–Kier alpha value is -2.05. The number of anilines is 1. The average molecular weight is 266 g/mol. The second kappa shape index (κ2) is 4.25. The first-order valence-electron chi connectivity index (χ1n) is 6.09. The smallest absolute Gasteiger partial charge is 0.341 e. The summed E-state index contributed by atoms with van der Waals surface area (Å²) in [5.74, 6) is -0.666. The molecule has 1 aliphatic rings. The quantitative estimate of drug-likeness (QED) is 0.795. The predicted octanol–water partition coefficient (Wildman–Crippen LogP) is 0.142. The van der Waals surface area contributed by atoms with Crippen LogP contribution in [-0.4, -0.2) is 45.4 Å². The minimum atomic E-state index is -1.03. The summed E-state index contributed by atoms with van der Waals surface area (Å²) < 4.78 is 1.53. The molecular formula is C12H18N4O3. The molecule has 1 aliphatic heterocycles. The lowest BCUT2D eigenvalue weighted by Gasteiger charge is -2.42. The van der Waals surface area contributed by atoms with Crippen molar-refractivity contribution in [2.24, 2.45) is 7.05 Å². The number of nitrogens with one attached hydrogen (secondary N) is 1. The van der Waals surface area contributed by atoms with Crippen LogP contribution in [-0.2, 0) is 11.8 Å². The Kier molecular flexibility index (Phi) is 3.00. The van der Waals surface area contributed by atoms with Crippen molar-refractivity contribution >= 4 is 17.7 Å². The number of nitrogens with zero attached hydrogens (tertiary/aromatic N) is 3. The minimum Gasteiger partial charge on any atom is -0.477 e. The highest BCUT2D eigenvalue weighted by atomic mass is 16.4. The molecule has 0 aliphatic carbocycles. The fraction of sp³-hybridized carbons (Fsp3) is 0.583. The van der Waals surface area contributed by atoms with E-state index in [1.165, 1.54) is 4.68 Å². The van der Waals surface area contributed by atoms with Crippen LogP contribution in [0.2, 0.25) is 0 Å². The Morgan fingerprint density at radius 1 is 1.47 bits per heavy atom. The normalized spacial score (nSPS) is 18.3. The number of aryl methyl sites for hydroxylation is 2. The summed E-state index contributed by atoms with van der Waals surface area (Å²) in [6, 6.07) is 0. The van der Waals surface area contributed by atoms with Crippen molar-refractivity contribution in [3.8, 4) is 0 Å². The fourth-order valence-electron chi connectivity index (χ4n) is 2.48. The lowest BCUT2D eigenvalue weighted by Crippen LogP contribution is -2.62. The van der Waals surface area contributed by atoms with Crippen LogP contribution in [0.1, 0.15) is 29.9 Å². The number of rotatable bonds is 2. The summed E-state index contributed by atoms with van der Waals surface area (Å²) in [6.45, 7) is 6.25. The number of carbonyl (C=O) groups excluding carboxylic acids is 1. The molecule has 2 heterocycles. The summed E-state index contributed by atoms with van der Waals surface area (Å²) in [4.78, 5) is 25.2. The molecule has 7 heteroatoms. The van der Waals surface area contributed by atoms with E-state index in [0.717, 1.165) is 0 Å². The molecule has 0 bridgehead atoms. The Bertz CT molecular complexity index is 547. The van der Waals surface area contributed by atoms with Gasteiger partial charge in [-0.1, -0.05) is 0 Å². The molecule has 2 rings (SSSR count). The first-order chi connectivity index (χ1) is 8.76. The van der Waals surface area contributed by atoms with E-state index in [1.807, 2.05) is 0 Å². The van der Waals surface area contributed by atoms with Crippen molar-refractivity contribution in [3.05, 3.63) is 11.3 Å². The van der Waals surface area contributed by atoms with Gasteiger partial charge in [0.15, 0.2) is 0 Å².